The van der Waals surface area contributed by atoms with Crippen molar-refractivity contribution in [2.24, 2.45) is 5.73 Å². The molecule has 0 fully saturated rings. The fourth-order valence-electron chi connectivity index (χ4n) is 1.68. The lowest BCUT2D eigenvalue weighted by Crippen LogP contribution is -2.07. The molecule has 0 radical (unpaired) electrons. The molecule has 3 nitrogen and oxygen atoms in total. The SMILES string of the molecule is Cc1cnn(-c2ccc(F)cc2CCN)c1. The largest absolute Gasteiger partial charge is 0.330 e. The second kappa shape index (κ2) is 4.45. The molecule has 1 aromatic heterocycles. The number of rotatable bonds is 3. The zero-order valence-corrected chi connectivity index (χ0v) is 9.15. The molecule has 0 saturated heterocycles. The molecule has 0 aliphatic rings. The maximum atomic E-state index is 13.1. The summed E-state index contributed by atoms with van der Waals surface area (Å²) in [5.74, 6) is -0.240. The topological polar surface area (TPSA) is 43.8 Å². The predicted molar refractivity (Wildman–Crippen MR) is 61.0 cm³/mol. The van der Waals surface area contributed by atoms with Crippen LogP contribution in [0.1, 0.15) is 11.1 Å². The lowest BCUT2D eigenvalue weighted by Gasteiger charge is -2.08. The Bertz CT molecular complexity index is 491. The van der Waals surface area contributed by atoms with E-state index in [0.29, 0.717) is 13.0 Å². The van der Waals surface area contributed by atoms with Gasteiger partial charge in [0.2, 0.25) is 0 Å². The van der Waals surface area contributed by atoms with E-state index in [0.717, 1.165) is 16.8 Å². The second-order valence-electron chi connectivity index (χ2n) is 3.77. The average Bonchev–Trinajstić information content (AvgIpc) is 2.65. The van der Waals surface area contributed by atoms with E-state index >= 15 is 0 Å². The molecule has 1 aromatic carbocycles. The van der Waals surface area contributed by atoms with Crippen LogP contribution in [0, 0.1) is 12.7 Å². The van der Waals surface area contributed by atoms with E-state index in [9.17, 15) is 4.39 Å². The van der Waals surface area contributed by atoms with Crippen LogP contribution in [0.4, 0.5) is 4.39 Å². The molecule has 2 N–H and O–H groups in total. The van der Waals surface area contributed by atoms with Crippen LogP contribution in [-0.2, 0) is 6.42 Å². The van der Waals surface area contributed by atoms with Crippen molar-refractivity contribution in [1.82, 2.24) is 9.78 Å². The van der Waals surface area contributed by atoms with Crippen molar-refractivity contribution in [3.8, 4) is 5.69 Å². The molecule has 0 atom stereocenters. The molecule has 0 spiro atoms. The maximum Gasteiger partial charge on any atom is 0.123 e. The number of halogens is 1. The van der Waals surface area contributed by atoms with Crippen LogP contribution in [-0.4, -0.2) is 16.3 Å². The minimum Gasteiger partial charge on any atom is -0.330 e. The first-order valence-electron chi connectivity index (χ1n) is 5.21. The molecular formula is C12H14FN3. The van der Waals surface area contributed by atoms with Crippen molar-refractivity contribution in [2.45, 2.75) is 13.3 Å². The summed E-state index contributed by atoms with van der Waals surface area (Å²) in [5.41, 5.74) is 8.35. The molecule has 0 amide bonds. The van der Waals surface area contributed by atoms with Gasteiger partial charge in [-0.1, -0.05) is 0 Å². The molecule has 2 rings (SSSR count). The Balaban J connectivity index is 2.47. The highest BCUT2D eigenvalue weighted by Gasteiger charge is 2.06. The minimum absolute atomic E-state index is 0.240. The molecule has 2 aromatic rings. The van der Waals surface area contributed by atoms with E-state index in [2.05, 4.69) is 5.10 Å². The number of hydrogen-bond donors (Lipinski definition) is 1. The van der Waals surface area contributed by atoms with Crippen LogP contribution in [0.15, 0.2) is 30.6 Å². The lowest BCUT2D eigenvalue weighted by molar-refractivity contribution is 0.624. The Hall–Kier alpha value is -1.68. The molecule has 0 aliphatic carbocycles. The smallest absolute Gasteiger partial charge is 0.123 e. The fourth-order valence-corrected chi connectivity index (χ4v) is 1.68. The van der Waals surface area contributed by atoms with Crippen LogP contribution in [0.25, 0.3) is 5.69 Å². The quantitative estimate of drug-likeness (QED) is 0.855. The Morgan fingerprint density at radius 1 is 1.44 bits per heavy atom. The minimum atomic E-state index is -0.240. The number of nitrogens with zero attached hydrogens (tertiary/aromatic N) is 2. The number of aromatic nitrogens is 2. The zero-order chi connectivity index (χ0) is 11.5. The van der Waals surface area contributed by atoms with Gasteiger partial charge in [-0.15, -0.1) is 0 Å². The van der Waals surface area contributed by atoms with Crippen LogP contribution in [0.3, 0.4) is 0 Å². The predicted octanol–water partition coefficient (Wildman–Crippen LogP) is 1.82. The molecule has 4 heteroatoms. The molecule has 16 heavy (non-hydrogen) atoms. The Morgan fingerprint density at radius 3 is 2.88 bits per heavy atom. The van der Waals surface area contributed by atoms with Crippen molar-refractivity contribution in [3.05, 3.63) is 47.5 Å². The third-order valence-corrected chi connectivity index (χ3v) is 2.41. The molecule has 0 unspecified atom stereocenters. The zero-order valence-electron chi connectivity index (χ0n) is 9.15. The molecule has 1 heterocycles. The van der Waals surface area contributed by atoms with Gasteiger partial charge in [-0.2, -0.15) is 5.10 Å². The summed E-state index contributed by atoms with van der Waals surface area (Å²) in [6.07, 6.45) is 4.33. The van der Waals surface area contributed by atoms with Gasteiger partial charge in [0, 0.05) is 6.20 Å². The van der Waals surface area contributed by atoms with E-state index in [1.54, 1.807) is 16.9 Å². The van der Waals surface area contributed by atoms with Crippen LogP contribution >= 0.6 is 0 Å². The number of aryl methyl sites for hydroxylation is 1. The fraction of sp³-hybridized carbons (Fsp3) is 0.250. The summed E-state index contributed by atoms with van der Waals surface area (Å²) < 4.78 is 14.9. The Kier molecular flexibility index (Phi) is 3.01. The maximum absolute atomic E-state index is 13.1. The van der Waals surface area contributed by atoms with Gasteiger partial charge in [0.05, 0.1) is 11.9 Å². The van der Waals surface area contributed by atoms with Gasteiger partial charge in [0.25, 0.3) is 0 Å². The first-order valence-corrected chi connectivity index (χ1v) is 5.21. The Labute approximate surface area is 93.7 Å². The van der Waals surface area contributed by atoms with Gasteiger partial charge in [-0.05, 0) is 49.2 Å². The molecular weight excluding hydrogens is 205 g/mol. The molecule has 84 valence electrons. The number of nitrogens with two attached hydrogens (primary N) is 1. The van der Waals surface area contributed by atoms with Gasteiger partial charge >= 0.3 is 0 Å². The molecule has 0 saturated carbocycles. The van der Waals surface area contributed by atoms with Gasteiger partial charge in [0.15, 0.2) is 0 Å². The Morgan fingerprint density at radius 2 is 2.25 bits per heavy atom. The van der Waals surface area contributed by atoms with Gasteiger partial charge in [-0.25, -0.2) is 9.07 Å². The third-order valence-electron chi connectivity index (χ3n) is 2.41. The molecule has 0 aliphatic heterocycles. The van der Waals surface area contributed by atoms with Crippen LogP contribution < -0.4 is 5.73 Å². The van der Waals surface area contributed by atoms with Gasteiger partial charge in [-0.3, -0.25) is 0 Å². The average molecular weight is 219 g/mol. The summed E-state index contributed by atoms with van der Waals surface area (Å²) in [4.78, 5) is 0. The summed E-state index contributed by atoms with van der Waals surface area (Å²) in [6, 6.07) is 4.68. The monoisotopic (exact) mass is 219 g/mol. The summed E-state index contributed by atoms with van der Waals surface area (Å²) in [7, 11) is 0. The van der Waals surface area contributed by atoms with E-state index in [1.165, 1.54) is 12.1 Å². The molecule has 0 bridgehead atoms. The van der Waals surface area contributed by atoms with Crippen LogP contribution in [0.2, 0.25) is 0 Å². The van der Waals surface area contributed by atoms with Crippen molar-refractivity contribution in [3.63, 3.8) is 0 Å². The lowest BCUT2D eigenvalue weighted by atomic mass is 10.1. The van der Waals surface area contributed by atoms with Crippen molar-refractivity contribution in [2.75, 3.05) is 6.54 Å². The highest BCUT2D eigenvalue weighted by atomic mass is 19.1. The first-order chi connectivity index (χ1) is 7.70. The summed E-state index contributed by atoms with van der Waals surface area (Å²) in [6.45, 7) is 2.46. The van der Waals surface area contributed by atoms with E-state index < -0.39 is 0 Å². The van der Waals surface area contributed by atoms with Crippen molar-refractivity contribution >= 4 is 0 Å². The van der Waals surface area contributed by atoms with Crippen LogP contribution in [0.5, 0.6) is 0 Å². The first kappa shape index (κ1) is 10.8. The third kappa shape index (κ3) is 2.12. The highest BCUT2D eigenvalue weighted by Crippen LogP contribution is 2.16. The highest BCUT2D eigenvalue weighted by molar-refractivity contribution is 5.41. The van der Waals surface area contributed by atoms with E-state index in [4.69, 9.17) is 5.73 Å². The van der Waals surface area contributed by atoms with Crippen molar-refractivity contribution < 1.29 is 4.39 Å². The van der Waals surface area contributed by atoms with Gasteiger partial charge < -0.3 is 5.73 Å². The summed E-state index contributed by atoms with van der Waals surface area (Å²) >= 11 is 0. The van der Waals surface area contributed by atoms with E-state index in [1.807, 2.05) is 13.1 Å². The number of hydrogen-bond acceptors (Lipinski definition) is 2. The standard InChI is InChI=1S/C12H14FN3/c1-9-7-15-16(8-9)12-3-2-11(13)6-10(12)4-5-14/h2-3,6-8H,4-5,14H2,1H3. The second-order valence-corrected chi connectivity index (χ2v) is 3.77. The number of benzene rings is 1. The summed E-state index contributed by atoms with van der Waals surface area (Å²) in [5, 5.41) is 4.21. The van der Waals surface area contributed by atoms with Gasteiger partial charge in [0.1, 0.15) is 5.82 Å². The van der Waals surface area contributed by atoms with Crippen molar-refractivity contribution in [1.29, 1.82) is 0 Å². The normalized spacial score (nSPS) is 10.7. The van der Waals surface area contributed by atoms with E-state index in [-0.39, 0.29) is 5.82 Å².